The number of likely N-dealkylation sites (tertiary alicyclic amines) is 1. The number of nitrogens with zero attached hydrogens (tertiary/aromatic N) is 1. The molecular formula is C12H24N2O2. The Morgan fingerprint density at radius 1 is 1.31 bits per heavy atom. The van der Waals surface area contributed by atoms with E-state index in [0.717, 1.165) is 12.8 Å². The number of hydrogen-bond acceptors (Lipinski definition) is 3. The second kappa shape index (κ2) is 4.34. The van der Waals surface area contributed by atoms with Gasteiger partial charge in [-0.3, -0.25) is 9.69 Å². The van der Waals surface area contributed by atoms with Crippen LogP contribution in [0.4, 0.5) is 0 Å². The summed E-state index contributed by atoms with van der Waals surface area (Å²) >= 11 is 0. The van der Waals surface area contributed by atoms with Gasteiger partial charge in [-0.2, -0.15) is 0 Å². The fourth-order valence-corrected chi connectivity index (χ4v) is 3.21. The Balaban J connectivity index is 2.80. The van der Waals surface area contributed by atoms with Crippen molar-refractivity contribution in [1.82, 2.24) is 4.90 Å². The van der Waals surface area contributed by atoms with Crippen LogP contribution in [0, 0.1) is 0 Å². The van der Waals surface area contributed by atoms with E-state index in [2.05, 4.69) is 32.6 Å². The van der Waals surface area contributed by atoms with E-state index in [9.17, 15) is 4.79 Å². The molecule has 0 atom stereocenters. The lowest BCUT2D eigenvalue weighted by Crippen LogP contribution is -2.63. The molecule has 0 spiro atoms. The number of carbonyl (C=O) groups is 1. The molecule has 0 aliphatic carbocycles. The summed E-state index contributed by atoms with van der Waals surface area (Å²) in [5.74, 6) is -0.735. The van der Waals surface area contributed by atoms with Gasteiger partial charge in [0.25, 0.3) is 0 Å². The molecule has 0 aromatic heterocycles. The van der Waals surface area contributed by atoms with Crippen LogP contribution in [0.1, 0.15) is 47.0 Å². The smallest absolute Gasteiger partial charge is 0.304 e. The van der Waals surface area contributed by atoms with E-state index in [1.807, 2.05) is 0 Å². The summed E-state index contributed by atoms with van der Waals surface area (Å²) in [4.78, 5) is 13.0. The first-order valence-electron chi connectivity index (χ1n) is 5.90. The van der Waals surface area contributed by atoms with Gasteiger partial charge in [-0.25, -0.2) is 0 Å². The van der Waals surface area contributed by atoms with E-state index in [1.165, 1.54) is 0 Å². The van der Waals surface area contributed by atoms with E-state index in [4.69, 9.17) is 10.8 Å². The first-order valence-corrected chi connectivity index (χ1v) is 5.90. The van der Waals surface area contributed by atoms with Crippen LogP contribution < -0.4 is 5.73 Å². The summed E-state index contributed by atoms with van der Waals surface area (Å²) in [6.07, 6.45) is 2.05. The van der Waals surface area contributed by atoms with Crippen LogP contribution in [0.25, 0.3) is 0 Å². The van der Waals surface area contributed by atoms with Gasteiger partial charge in [0.15, 0.2) is 0 Å². The van der Waals surface area contributed by atoms with Crippen molar-refractivity contribution in [2.24, 2.45) is 5.73 Å². The molecule has 94 valence electrons. The Labute approximate surface area is 97.8 Å². The Hall–Kier alpha value is -0.610. The van der Waals surface area contributed by atoms with Crippen molar-refractivity contribution in [1.29, 1.82) is 0 Å². The van der Waals surface area contributed by atoms with Gasteiger partial charge in [-0.15, -0.1) is 0 Å². The number of aliphatic carboxylic acids is 1. The van der Waals surface area contributed by atoms with Crippen molar-refractivity contribution in [2.45, 2.75) is 64.1 Å². The van der Waals surface area contributed by atoms with Crippen LogP contribution in [0.2, 0.25) is 0 Å². The quantitative estimate of drug-likeness (QED) is 0.767. The predicted octanol–water partition coefficient (Wildman–Crippen LogP) is 1.44. The highest BCUT2D eigenvalue weighted by Crippen LogP contribution is 2.37. The van der Waals surface area contributed by atoms with Crippen molar-refractivity contribution >= 4 is 5.97 Å². The average Bonchev–Trinajstić information content (AvgIpc) is 1.96. The lowest BCUT2D eigenvalue weighted by molar-refractivity contribution is -0.138. The molecule has 0 aromatic rings. The van der Waals surface area contributed by atoms with Crippen LogP contribution in [-0.4, -0.2) is 39.6 Å². The van der Waals surface area contributed by atoms with Crippen LogP contribution >= 0.6 is 0 Å². The minimum atomic E-state index is -0.735. The fraction of sp³-hybridized carbons (Fsp3) is 0.917. The standard InChI is InChI=1S/C12H24N2O2/c1-11(2)7-9(13)8-12(3,4)14(11)6-5-10(15)16/h9H,5-8,13H2,1-4H3,(H,15,16). The molecule has 0 bridgehead atoms. The third-order valence-electron chi connectivity index (χ3n) is 3.53. The van der Waals surface area contributed by atoms with Gasteiger partial charge in [0.2, 0.25) is 0 Å². The van der Waals surface area contributed by atoms with Crippen molar-refractivity contribution in [2.75, 3.05) is 6.54 Å². The summed E-state index contributed by atoms with van der Waals surface area (Å²) in [5.41, 5.74) is 6.03. The largest absolute Gasteiger partial charge is 0.481 e. The second-order valence-electron chi connectivity index (χ2n) is 6.09. The third-order valence-corrected chi connectivity index (χ3v) is 3.53. The van der Waals surface area contributed by atoms with Gasteiger partial charge in [-0.05, 0) is 40.5 Å². The van der Waals surface area contributed by atoms with Crippen LogP contribution in [0.5, 0.6) is 0 Å². The molecule has 0 unspecified atom stereocenters. The Morgan fingerprint density at radius 2 is 1.75 bits per heavy atom. The van der Waals surface area contributed by atoms with Crippen LogP contribution in [0.15, 0.2) is 0 Å². The normalized spacial score (nSPS) is 25.6. The molecule has 0 amide bonds. The van der Waals surface area contributed by atoms with Gasteiger partial charge in [0.05, 0.1) is 6.42 Å². The summed E-state index contributed by atoms with van der Waals surface area (Å²) < 4.78 is 0. The zero-order chi connectivity index (χ0) is 12.6. The van der Waals surface area contributed by atoms with E-state index >= 15 is 0 Å². The van der Waals surface area contributed by atoms with Crippen molar-refractivity contribution in [3.63, 3.8) is 0 Å². The summed E-state index contributed by atoms with van der Waals surface area (Å²) in [5, 5.41) is 8.79. The third kappa shape index (κ3) is 2.95. The molecular weight excluding hydrogens is 204 g/mol. The number of piperidine rings is 1. The average molecular weight is 228 g/mol. The molecule has 1 heterocycles. The highest BCUT2D eigenvalue weighted by atomic mass is 16.4. The van der Waals surface area contributed by atoms with Gasteiger partial charge in [-0.1, -0.05) is 0 Å². The predicted molar refractivity (Wildman–Crippen MR) is 64.3 cm³/mol. The van der Waals surface area contributed by atoms with E-state index in [1.54, 1.807) is 0 Å². The maximum Gasteiger partial charge on any atom is 0.304 e. The minimum Gasteiger partial charge on any atom is -0.481 e. The molecule has 1 aliphatic rings. The lowest BCUT2D eigenvalue weighted by Gasteiger charge is -2.54. The van der Waals surface area contributed by atoms with Crippen LogP contribution in [0.3, 0.4) is 0 Å². The molecule has 16 heavy (non-hydrogen) atoms. The topological polar surface area (TPSA) is 66.6 Å². The Bertz CT molecular complexity index is 256. The first-order chi connectivity index (χ1) is 7.15. The Kier molecular flexibility index (Phi) is 3.65. The van der Waals surface area contributed by atoms with Gasteiger partial charge >= 0.3 is 5.97 Å². The Morgan fingerprint density at radius 3 is 2.12 bits per heavy atom. The maximum absolute atomic E-state index is 10.7. The molecule has 1 fully saturated rings. The van der Waals surface area contributed by atoms with Crippen molar-refractivity contribution in [3.05, 3.63) is 0 Å². The summed E-state index contributed by atoms with van der Waals surface area (Å²) in [6.45, 7) is 9.19. The molecule has 0 saturated carbocycles. The van der Waals surface area contributed by atoms with E-state index in [-0.39, 0.29) is 23.5 Å². The summed E-state index contributed by atoms with van der Waals surface area (Å²) in [6, 6.07) is 0.214. The fourth-order valence-electron chi connectivity index (χ4n) is 3.21. The summed E-state index contributed by atoms with van der Waals surface area (Å²) in [7, 11) is 0. The molecule has 1 rings (SSSR count). The highest BCUT2D eigenvalue weighted by molar-refractivity contribution is 5.66. The SMILES string of the molecule is CC1(C)CC(N)CC(C)(C)N1CCC(=O)O. The highest BCUT2D eigenvalue weighted by Gasteiger charge is 2.43. The van der Waals surface area contributed by atoms with E-state index < -0.39 is 5.97 Å². The molecule has 1 saturated heterocycles. The number of nitrogens with two attached hydrogens (primary N) is 1. The first kappa shape index (κ1) is 13.5. The van der Waals surface area contributed by atoms with Crippen molar-refractivity contribution < 1.29 is 9.90 Å². The molecule has 0 aromatic carbocycles. The minimum absolute atomic E-state index is 0.0172. The number of hydrogen-bond donors (Lipinski definition) is 2. The number of carboxylic acid groups (broad SMARTS) is 1. The molecule has 4 nitrogen and oxygen atoms in total. The van der Waals surface area contributed by atoms with E-state index in [0.29, 0.717) is 6.54 Å². The van der Waals surface area contributed by atoms with Gasteiger partial charge in [0, 0.05) is 23.7 Å². The van der Waals surface area contributed by atoms with Gasteiger partial charge in [0.1, 0.15) is 0 Å². The molecule has 3 N–H and O–H groups in total. The zero-order valence-corrected chi connectivity index (χ0v) is 10.8. The zero-order valence-electron chi connectivity index (χ0n) is 10.8. The van der Waals surface area contributed by atoms with Crippen molar-refractivity contribution in [3.8, 4) is 0 Å². The second-order valence-corrected chi connectivity index (χ2v) is 6.09. The number of carboxylic acids is 1. The van der Waals surface area contributed by atoms with Gasteiger partial charge < -0.3 is 10.8 Å². The molecule has 0 radical (unpaired) electrons. The van der Waals surface area contributed by atoms with Crippen LogP contribution in [-0.2, 0) is 4.79 Å². The molecule has 4 heteroatoms. The number of rotatable bonds is 3. The maximum atomic E-state index is 10.7. The lowest BCUT2D eigenvalue weighted by atomic mass is 9.77. The monoisotopic (exact) mass is 228 g/mol. The molecule has 1 aliphatic heterocycles.